The van der Waals surface area contributed by atoms with E-state index in [1.165, 1.54) is 0 Å². The van der Waals surface area contributed by atoms with Crippen LogP contribution in [0.2, 0.25) is 0 Å². The van der Waals surface area contributed by atoms with Gasteiger partial charge in [-0.3, -0.25) is 0 Å². The zero-order chi connectivity index (χ0) is 19.7. The summed E-state index contributed by atoms with van der Waals surface area (Å²) in [7, 11) is 0. The molecule has 1 aliphatic rings. The summed E-state index contributed by atoms with van der Waals surface area (Å²) >= 11 is 0. The van der Waals surface area contributed by atoms with Crippen LogP contribution in [0.25, 0.3) is 0 Å². The number of carbonyl (C=O) groups excluding carboxylic acids is 2. The lowest BCUT2D eigenvalue weighted by Gasteiger charge is -2.42. The lowest BCUT2D eigenvalue weighted by atomic mass is 9.87. The average Bonchev–Trinajstić information content (AvgIpc) is 2.63. The molecule has 7 nitrogen and oxygen atoms in total. The highest BCUT2D eigenvalue weighted by Crippen LogP contribution is 2.30. The maximum absolute atomic E-state index is 11.6. The van der Waals surface area contributed by atoms with E-state index in [1.807, 2.05) is 13.8 Å². The molecule has 0 bridgehead atoms. The predicted molar refractivity (Wildman–Crippen MR) is 97.0 cm³/mol. The van der Waals surface area contributed by atoms with Gasteiger partial charge >= 0.3 is 11.9 Å². The van der Waals surface area contributed by atoms with E-state index in [0.29, 0.717) is 30.9 Å². The maximum atomic E-state index is 11.6. The van der Waals surface area contributed by atoms with E-state index in [4.69, 9.17) is 18.9 Å². The molecule has 0 aromatic carbocycles. The predicted octanol–water partition coefficient (Wildman–Crippen LogP) is 2.62. The number of esters is 2. The largest absolute Gasteiger partial charge is 0.462 e. The summed E-state index contributed by atoms with van der Waals surface area (Å²) in [6, 6.07) is 0. The smallest absolute Gasteiger partial charge is 0.334 e. The molecule has 1 saturated heterocycles. The Morgan fingerprint density at radius 3 is 2.08 bits per heavy atom. The fourth-order valence-electron chi connectivity index (χ4n) is 2.31. The van der Waals surface area contributed by atoms with Crippen LogP contribution in [0.5, 0.6) is 0 Å². The summed E-state index contributed by atoms with van der Waals surface area (Å²) < 4.78 is 22.2. The van der Waals surface area contributed by atoms with Crippen molar-refractivity contribution < 1.29 is 28.5 Å². The van der Waals surface area contributed by atoms with Crippen molar-refractivity contribution in [2.45, 2.75) is 47.0 Å². The Labute approximate surface area is 155 Å². The third-order valence-corrected chi connectivity index (χ3v) is 4.19. The van der Waals surface area contributed by atoms with Crippen molar-refractivity contribution in [1.82, 2.24) is 4.90 Å². The molecule has 0 spiro atoms. The van der Waals surface area contributed by atoms with E-state index in [1.54, 1.807) is 18.7 Å². The summed E-state index contributed by atoms with van der Waals surface area (Å²) in [6.07, 6.45) is 0.981. The van der Waals surface area contributed by atoms with Crippen LogP contribution in [-0.2, 0) is 28.5 Å². The number of nitrogens with zero attached hydrogens (tertiary/aromatic N) is 1. The zero-order valence-electron chi connectivity index (χ0n) is 16.3. The normalized spacial score (nSPS) is 22.7. The lowest BCUT2D eigenvalue weighted by molar-refractivity contribution is -0.302. The molecule has 0 saturated carbocycles. The highest BCUT2D eigenvalue weighted by atomic mass is 16.7. The molecule has 0 aromatic heterocycles. The highest BCUT2D eigenvalue weighted by Gasteiger charge is 2.39. The van der Waals surface area contributed by atoms with Crippen molar-refractivity contribution in [3.05, 3.63) is 24.3 Å². The molecule has 0 unspecified atom stereocenters. The van der Waals surface area contributed by atoms with Gasteiger partial charge in [0.2, 0.25) is 6.41 Å². The second-order valence-electron chi connectivity index (χ2n) is 6.79. The minimum Gasteiger partial charge on any atom is -0.462 e. The summed E-state index contributed by atoms with van der Waals surface area (Å²) in [5.41, 5.74) is 0.310. The van der Waals surface area contributed by atoms with Crippen molar-refractivity contribution >= 4 is 11.9 Å². The molecular weight excluding hydrogens is 338 g/mol. The standard InChI is InChI=1S/C19H31NO6/c1-7-9-20(13-26-17(22)15(5)6)18-24-11-19(8-2,12-25-18)10-23-16(21)14(3)4/h18H,3,5,7-13H2,1-2,4,6H3. The summed E-state index contributed by atoms with van der Waals surface area (Å²) in [6.45, 7) is 16.1. The first kappa shape index (κ1) is 22.3. The molecule has 1 aliphatic heterocycles. The van der Waals surface area contributed by atoms with E-state index in [-0.39, 0.29) is 13.3 Å². The number of rotatable bonds is 10. The maximum Gasteiger partial charge on any atom is 0.334 e. The van der Waals surface area contributed by atoms with Gasteiger partial charge in [0.1, 0.15) is 13.3 Å². The van der Waals surface area contributed by atoms with Crippen LogP contribution in [0.1, 0.15) is 40.5 Å². The Morgan fingerprint density at radius 2 is 1.62 bits per heavy atom. The van der Waals surface area contributed by atoms with Crippen molar-refractivity contribution in [2.75, 3.05) is 33.1 Å². The fourth-order valence-corrected chi connectivity index (χ4v) is 2.31. The molecule has 148 valence electrons. The SMILES string of the molecule is C=C(C)C(=O)OCN(CCC)C1OCC(CC)(COC(=O)C(=C)C)CO1. The van der Waals surface area contributed by atoms with Gasteiger partial charge in [-0.1, -0.05) is 27.0 Å². The number of carbonyl (C=O) groups is 2. The fraction of sp³-hybridized carbons (Fsp3) is 0.684. The van der Waals surface area contributed by atoms with Crippen LogP contribution in [-0.4, -0.2) is 56.3 Å². The van der Waals surface area contributed by atoms with Crippen LogP contribution < -0.4 is 0 Å². The number of hydrogen-bond acceptors (Lipinski definition) is 7. The average molecular weight is 369 g/mol. The molecule has 0 atom stereocenters. The highest BCUT2D eigenvalue weighted by molar-refractivity contribution is 5.87. The molecule has 1 fully saturated rings. The van der Waals surface area contributed by atoms with Gasteiger partial charge < -0.3 is 18.9 Å². The minimum absolute atomic E-state index is 0.0635. The van der Waals surface area contributed by atoms with Crippen molar-refractivity contribution in [3.63, 3.8) is 0 Å². The summed E-state index contributed by atoms with van der Waals surface area (Å²) in [5, 5.41) is 0. The van der Waals surface area contributed by atoms with Gasteiger partial charge in [-0.25, -0.2) is 14.5 Å². The number of hydrogen-bond donors (Lipinski definition) is 0. The van der Waals surface area contributed by atoms with Crippen LogP contribution >= 0.6 is 0 Å². The Kier molecular flexibility index (Phi) is 8.98. The first-order valence-electron chi connectivity index (χ1n) is 8.87. The van der Waals surface area contributed by atoms with Crippen molar-refractivity contribution in [2.24, 2.45) is 5.41 Å². The molecule has 0 radical (unpaired) electrons. The molecule has 26 heavy (non-hydrogen) atoms. The topological polar surface area (TPSA) is 74.3 Å². The van der Waals surface area contributed by atoms with E-state index in [0.717, 1.165) is 12.8 Å². The molecule has 0 N–H and O–H groups in total. The van der Waals surface area contributed by atoms with Gasteiger partial charge in [0, 0.05) is 17.7 Å². The van der Waals surface area contributed by atoms with E-state index in [2.05, 4.69) is 13.2 Å². The van der Waals surface area contributed by atoms with Crippen LogP contribution in [0.3, 0.4) is 0 Å². The molecule has 0 aromatic rings. The van der Waals surface area contributed by atoms with Crippen molar-refractivity contribution in [3.8, 4) is 0 Å². The number of ether oxygens (including phenoxy) is 4. The molecule has 0 aliphatic carbocycles. The van der Waals surface area contributed by atoms with E-state index in [9.17, 15) is 9.59 Å². The van der Waals surface area contributed by atoms with Gasteiger partial charge in [-0.15, -0.1) is 0 Å². The third kappa shape index (κ3) is 6.55. The van der Waals surface area contributed by atoms with Gasteiger partial charge in [0.15, 0.2) is 0 Å². The first-order valence-corrected chi connectivity index (χ1v) is 8.87. The Morgan fingerprint density at radius 1 is 1.08 bits per heavy atom. The summed E-state index contributed by atoms with van der Waals surface area (Å²) in [4.78, 5) is 25.0. The molecule has 7 heteroatoms. The monoisotopic (exact) mass is 369 g/mol. The van der Waals surface area contributed by atoms with Crippen molar-refractivity contribution in [1.29, 1.82) is 0 Å². The lowest BCUT2D eigenvalue weighted by Crippen LogP contribution is -2.51. The Bertz CT molecular complexity index is 522. The molecule has 0 amide bonds. The van der Waals surface area contributed by atoms with Gasteiger partial charge in [0.05, 0.1) is 18.6 Å². The minimum atomic E-state index is -0.607. The third-order valence-electron chi connectivity index (χ3n) is 4.19. The van der Waals surface area contributed by atoms with Gasteiger partial charge in [0.25, 0.3) is 0 Å². The Balaban J connectivity index is 2.61. The molecular formula is C19H31NO6. The second kappa shape index (κ2) is 10.4. The van der Waals surface area contributed by atoms with E-state index >= 15 is 0 Å². The van der Waals surface area contributed by atoms with E-state index < -0.39 is 23.8 Å². The zero-order valence-corrected chi connectivity index (χ0v) is 16.3. The first-order chi connectivity index (χ1) is 12.2. The van der Waals surface area contributed by atoms with Crippen LogP contribution in [0.4, 0.5) is 0 Å². The molecule has 1 rings (SSSR count). The quantitative estimate of drug-likeness (QED) is 0.333. The molecule has 1 heterocycles. The van der Waals surface area contributed by atoms with Crippen LogP contribution in [0.15, 0.2) is 24.3 Å². The Hall–Kier alpha value is -1.70. The summed E-state index contributed by atoms with van der Waals surface area (Å²) in [5.74, 6) is -0.865. The van der Waals surface area contributed by atoms with Crippen LogP contribution in [0, 0.1) is 5.41 Å². The van der Waals surface area contributed by atoms with Gasteiger partial charge in [-0.2, -0.15) is 0 Å². The second-order valence-corrected chi connectivity index (χ2v) is 6.79. The van der Waals surface area contributed by atoms with Gasteiger partial charge in [-0.05, 0) is 26.7 Å².